The van der Waals surface area contributed by atoms with E-state index in [4.69, 9.17) is 9.84 Å². The van der Waals surface area contributed by atoms with Crippen molar-refractivity contribution in [3.05, 3.63) is 48.0 Å². The van der Waals surface area contributed by atoms with Crippen molar-refractivity contribution < 1.29 is 19.4 Å². The summed E-state index contributed by atoms with van der Waals surface area (Å²) < 4.78 is 5.01. The first-order valence-electron chi connectivity index (χ1n) is 5.59. The Hall–Kier alpha value is -2.96. The molecule has 20 heavy (non-hydrogen) atoms. The zero-order valence-electron chi connectivity index (χ0n) is 10.5. The van der Waals surface area contributed by atoms with E-state index in [0.717, 1.165) is 0 Å². The third kappa shape index (κ3) is 2.89. The molecule has 1 aromatic heterocycles. The van der Waals surface area contributed by atoms with E-state index in [9.17, 15) is 9.59 Å². The highest BCUT2D eigenvalue weighted by Crippen LogP contribution is 2.23. The van der Waals surface area contributed by atoms with Gasteiger partial charge in [0, 0.05) is 18.5 Å². The van der Waals surface area contributed by atoms with Crippen molar-refractivity contribution in [3.8, 4) is 5.75 Å². The quantitative estimate of drug-likeness (QED) is 0.873. The van der Waals surface area contributed by atoms with Gasteiger partial charge in [-0.1, -0.05) is 0 Å². The van der Waals surface area contributed by atoms with Gasteiger partial charge in [0.25, 0.3) is 5.91 Å². The average Bonchev–Trinajstić information content (AvgIpc) is 2.47. The molecule has 1 aromatic carbocycles. The molecule has 0 saturated carbocycles. The van der Waals surface area contributed by atoms with Crippen molar-refractivity contribution >= 4 is 17.6 Å². The van der Waals surface area contributed by atoms with Crippen molar-refractivity contribution in [1.29, 1.82) is 0 Å². The fourth-order valence-electron chi connectivity index (χ4n) is 1.55. The summed E-state index contributed by atoms with van der Waals surface area (Å²) in [6, 6.07) is 4.30. The molecular formula is C13H11N3O4. The van der Waals surface area contributed by atoms with Gasteiger partial charge in [-0.05, 0) is 12.1 Å². The average molecular weight is 273 g/mol. The number of methoxy groups -OCH3 is 1. The molecule has 0 atom stereocenters. The maximum atomic E-state index is 12.0. The summed E-state index contributed by atoms with van der Waals surface area (Å²) in [5.41, 5.74) is 0.341. The molecule has 0 unspecified atom stereocenters. The van der Waals surface area contributed by atoms with Gasteiger partial charge in [0.1, 0.15) is 12.1 Å². The van der Waals surface area contributed by atoms with Crippen molar-refractivity contribution in [2.24, 2.45) is 0 Å². The number of nitrogens with one attached hydrogen (secondary N) is 1. The van der Waals surface area contributed by atoms with Gasteiger partial charge in [0.15, 0.2) is 0 Å². The van der Waals surface area contributed by atoms with Gasteiger partial charge in [-0.2, -0.15) is 0 Å². The lowest BCUT2D eigenvalue weighted by Crippen LogP contribution is -2.15. The fraction of sp³-hybridized carbons (Fsp3) is 0.0769. The molecule has 1 amide bonds. The second kappa shape index (κ2) is 5.79. The van der Waals surface area contributed by atoms with Crippen LogP contribution in [0, 0.1) is 0 Å². The monoisotopic (exact) mass is 273 g/mol. The standard InChI is InChI=1S/C13H11N3O4/c1-20-9-2-3-10(13(18)19)11(4-9)16-12(17)8-5-14-7-15-6-8/h2-7H,1H3,(H,16,17)(H,18,19). The number of benzene rings is 1. The Bertz CT molecular complexity index is 643. The Kier molecular flexibility index (Phi) is 3.90. The van der Waals surface area contributed by atoms with Gasteiger partial charge in [0.05, 0.1) is 23.9 Å². The summed E-state index contributed by atoms with van der Waals surface area (Å²) in [6.45, 7) is 0. The molecule has 2 rings (SSSR count). The minimum atomic E-state index is -1.15. The number of carboxylic acid groups (broad SMARTS) is 1. The zero-order chi connectivity index (χ0) is 14.5. The molecule has 7 nitrogen and oxygen atoms in total. The van der Waals surface area contributed by atoms with Gasteiger partial charge < -0.3 is 15.2 Å². The predicted octanol–water partition coefficient (Wildman–Crippen LogP) is 1.44. The molecule has 2 N–H and O–H groups in total. The van der Waals surface area contributed by atoms with Gasteiger partial charge >= 0.3 is 5.97 Å². The van der Waals surface area contributed by atoms with Crippen LogP contribution in [0.1, 0.15) is 20.7 Å². The molecule has 102 valence electrons. The smallest absolute Gasteiger partial charge is 0.337 e. The lowest BCUT2D eigenvalue weighted by molar-refractivity contribution is 0.0698. The van der Waals surface area contributed by atoms with Crippen LogP contribution in [0.25, 0.3) is 0 Å². The van der Waals surface area contributed by atoms with Gasteiger partial charge in [0.2, 0.25) is 0 Å². The van der Waals surface area contributed by atoms with Gasteiger partial charge in [-0.25, -0.2) is 14.8 Å². The molecule has 2 aromatic rings. The van der Waals surface area contributed by atoms with Crippen LogP contribution >= 0.6 is 0 Å². The van der Waals surface area contributed by atoms with Crippen molar-refractivity contribution in [2.75, 3.05) is 12.4 Å². The number of rotatable bonds is 4. The molecule has 0 aliphatic carbocycles. The lowest BCUT2D eigenvalue weighted by Gasteiger charge is -2.10. The maximum absolute atomic E-state index is 12.0. The van der Waals surface area contributed by atoms with Crippen LogP contribution in [0.3, 0.4) is 0 Å². The number of nitrogens with zero attached hydrogens (tertiary/aromatic N) is 2. The molecule has 0 aliphatic rings. The summed E-state index contributed by atoms with van der Waals surface area (Å²) in [4.78, 5) is 30.5. The van der Waals surface area contributed by atoms with Crippen LogP contribution in [0.2, 0.25) is 0 Å². The molecule has 0 saturated heterocycles. The van der Waals surface area contributed by atoms with E-state index in [2.05, 4.69) is 15.3 Å². The molecule has 7 heteroatoms. The van der Waals surface area contributed by atoms with Crippen LogP contribution in [0.4, 0.5) is 5.69 Å². The number of carbonyl (C=O) groups excluding carboxylic acids is 1. The van der Waals surface area contributed by atoms with E-state index in [0.29, 0.717) is 5.75 Å². The number of ether oxygens (including phenoxy) is 1. The van der Waals surface area contributed by atoms with Gasteiger partial charge in [-0.15, -0.1) is 0 Å². The van der Waals surface area contributed by atoms with Crippen molar-refractivity contribution in [1.82, 2.24) is 9.97 Å². The third-order valence-electron chi connectivity index (χ3n) is 2.53. The Morgan fingerprint density at radius 1 is 1.25 bits per heavy atom. The second-order valence-corrected chi connectivity index (χ2v) is 3.80. The number of aromatic nitrogens is 2. The predicted molar refractivity (Wildman–Crippen MR) is 69.9 cm³/mol. The molecular weight excluding hydrogens is 262 g/mol. The first kappa shape index (κ1) is 13.5. The number of amides is 1. The number of anilines is 1. The highest BCUT2D eigenvalue weighted by Gasteiger charge is 2.14. The minimum absolute atomic E-state index is 0.0315. The molecule has 0 fully saturated rings. The normalized spacial score (nSPS) is 9.85. The van der Waals surface area contributed by atoms with E-state index in [1.807, 2.05) is 0 Å². The van der Waals surface area contributed by atoms with Crippen LogP contribution in [-0.4, -0.2) is 34.1 Å². The highest BCUT2D eigenvalue weighted by atomic mass is 16.5. The summed E-state index contributed by atoms with van der Waals surface area (Å²) in [7, 11) is 1.45. The lowest BCUT2D eigenvalue weighted by atomic mass is 10.1. The number of hydrogen-bond donors (Lipinski definition) is 2. The summed E-state index contributed by atoms with van der Waals surface area (Å²) in [6.07, 6.45) is 3.97. The van der Waals surface area contributed by atoms with E-state index < -0.39 is 11.9 Å². The largest absolute Gasteiger partial charge is 0.497 e. The maximum Gasteiger partial charge on any atom is 0.337 e. The van der Waals surface area contributed by atoms with Crippen molar-refractivity contribution in [2.45, 2.75) is 0 Å². The molecule has 0 bridgehead atoms. The Balaban J connectivity index is 2.32. The first-order valence-corrected chi connectivity index (χ1v) is 5.59. The zero-order valence-corrected chi connectivity index (χ0v) is 10.5. The Labute approximate surface area is 114 Å². The van der Waals surface area contributed by atoms with E-state index in [1.165, 1.54) is 44.0 Å². The highest BCUT2D eigenvalue weighted by molar-refractivity contribution is 6.07. The molecule has 0 spiro atoms. The summed E-state index contributed by atoms with van der Waals surface area (Å²) in [5, 5.41) is 11.6. The molecule has 0 aliphatic heterocycles. The molecule has 0 radical (unpaired) electrons. The topological polar surface area (TPSA) is 101 Å². The third-order valence-corrected chi connectivity index (χ3v) is 2.53. The SMILES string of the molecule is COc1ccc(C(=O)O)c(NC(=O)c2cncnc2)c1. The fourth-order valence-corrected chi connectivity index (χ4v) is 1.55. The van der Waals surface area contributed by atoms with E-state index in [-0.39, 0.29) is 16.8 Å². The van der Waals surface area contributed by atoms with Gasteiger partial charge in [-0.3, -0.25) is 4.79 Å². The number of aromatic carboxylic acids is 1. The van der Waals surface area contributed by atoms with Crippen LogP contribution in [0.15, 0.2) is 36.9 Å². The second-order valence-electron chi connectivity index (χ2n) is 3.80. The van der Waals surface area contributed by atoms with Crippen molar-refractivity contribution in [3.63, 3.8) is 0 Å². The van der Waals surface area contributed by atoms with E-state index in [1.54, 1.807) is 0 Å². The Morgan fingerprint density at radius 3 is 2.55 bits per heavy atom. The summed E-state index contributed by atoms with van der Waals surface area (Å²) in [5.74, 6) is -1.21. The van der Waals surface area contributed by atoms with E-state index >= 15 is 0 Å². The minimum Gasteiger partial charge on any atom is -0.497 e. The number of carbonyl (C=O) groups is 2. The first-order chi connectivity index (χ1) is 9.61. The molecule has 1 heterocycles. The summed E-state index contributed by atoms with van der Waals surface area (Å²) >= 11 is 0. The van der Waals surface area contributed by atoms with Crippen LogP contribution < -0.4 is 10.1 Å². The number of carboxylic acids is 1. The Morgan fingerprint density at radius 2 is 1.95 bits per heavy atom. The number of hydrogen-bond acceptors (Lipinski definition) is 5. The van der Waals surface area contributed by atoms with Crippen LogP contribution in [0.5, 0.6) is 5.75 Å². The van der Waals surface area contributed by atoms with Crippen LogP contribution in [-0.2, 0) is 0 Å².